The van der Waals surface area contributed by atoms with Gasteiger partial charge in [0.2, 0.25) is 5.78 Å². The van der Waals surface area contributed by atoms with E-state index in [1.165, 1.54) is 37.7 Å². The minimum absolute atomic E-state index is 0.228. The molecule has 0 amide bonds. The van der Waals surface area contributed by atoms with Gasteiger partial charge in [-0.1, -0.05) is 11.6 Å². The van der Waals surface area contributed by atoms with Crippen LogP contribution in [0.1, 0.15) is 20.1 Å². The van der Waals surface area contributed by atoms with Crippen LogP contribution >= 0.6 is 22.9 Å². The molecule has 1 aromatic heterocycles. The fourth-order valence-electron chi connectivity index (χ4n) is 2.04. The molecule has 2 aromatic rings. The van der Waals surface area contributed by atoms with Crippen molar-refractivity contribution in [1.29, 1.82) is 0 Å². The zero-order valence-corrected chi connectivity index (χ0v) is 15.6. The van der Waals surface area contributed by atoms with Crippen LogP contribution in [0.5, 0.6) is 11.5 Å². The van der Waals surface area contributed by atoms with Gasteiger partial charge in [-0.3, -0.25) is 4.79 Å². The molecule has 0 saturated carbocycles. The Labute approximate surface area is 154 Å². The summed E-state index contributed by atoms with van der Waals surface area (Å²) < 4.78 is 15.3. The molecule has 0 saturated heterocycles. The van der Waals surface area contributed by atoms with Gasteiger partial charge < -0.3 is 14.2 Å². The van der Waals surface area contributed by atoms with E-state index in [0.717, 1.165) is 4.88 Å². The highest BCUT2D eigenvalue weighted by molar-refractivity contribution is 7.14. The molecule has 5 nitrogen and oxygen atoms in total. The van der Waals surface area contributed by atoms with Crippen molar-refractivity contribution in [3.8, 4) is 11.5 Å². The van der Waals surface area contributed by atoms with Crippen molar-refractivity contribution in [3.05, 3.63) is 50.7 Å². The number of hydrogen-bond acceptors (Lipinski definition) is 6. The molecule has 0 bridgehead atoms. The largest absolute Gasteiger partial charge is 0.493 e. The third kappa shape index (κ3) is 5.08. The van der Waals surface area contributed by atoms with Gasteiger partial charge in [0, 0.05) is 11.0 Å². The van der Waals surface area contributed by atoms with E-state index < -0.39 is 5.97 Å². The van der Waals surface area contributed by atoms with Crippen LogP contribution in [0.4, 0.5) is 0 Å². The number of esters is 1. The highest BCUT2D eigenvalue weighted by atomic mass is 35.5. The van der Waals surface area contributed by atoms with E-state index in [2.05, 4.69) is 0 Å². The van der Waals surface area contributed by atoms with Crippen molar-refractivity contribution in [3.63, 3.8) is 0 Å². The molecule has 25 heavy (non-hydrogen) atoms. The van der Waals surface area contributed by atoms with Gasteiger partial charge in [-0.25, -0.2) is 4.79 Å². The molecule has 2 rings (SSSR count). The Bertz CT molecular complexity index is 810. The average Bonchev–Trinajstić information content (AvgIpc) is 3.03. The predicted octanol–water partition coefficient (Wildman–Crippen LogP) is 4.17. The van der Waals surface area contributed by atoms with Crippen molar-refractivity contribution in [2.24, 2.45) is 0 Å². The topological polar surface area (TPSA) is 61.8 Å². The van der Waals surface area contributed by atoms with Crippen LogP contribution in [0.2, 0.25) is 5.02 Å². The Hall–Kier alpha value is -2.31. The third-order valence-electron chi connectivity index (χ3n) is 3.23. The van der Waals surface area contributed by atoms with E-state index in [1.807, 2.05) is 13.0 Å². The fourth-order valence-corrected chi connectivity index (χ4v) is 3.13. The van der Waals surface area contributed by atoms with Crippen LogP contribution in [0, 0.1) is 6.92 Å². The zero-order chi connectivity index (χ0) is 18.4. The third-order valence-corrected chi connectivity index (χ3v) is 4.55. The Kier molecular flexibility index (Phi) is 6.61. The minimum Gasteiger partial charge on any atom is -0.493 e. The van der Waals surface area contributed by atoms with E-state index in [9.17, 15) is 9.59 Å². The first-order valence-corrected chi connectivity index (χ1v) is 8.50. The quantitative estimate of drug-likeness (QED) is 0.410. The Morgan fingerprint density at radius 3 is 2.56 bits per heavy atom. The lowest BCUT2D eigenvalue weighted by atomic mass is 10.2. The summed E-state index contributed by atoms with van der Waals surface area (Å²) in [6.07, 6.45) is 2.75. The number of halogens is 1. The normalized spacial score (nSPS) is 10.7. The van der Waals surface area contributed by atoms with Gasteiger partial charge in [0.1, 0.15) is 0 Å². The molecule has 7 heteroatoms. The van der Waals surface area contributed by atoms with Crippen LogP contribution in [-0.4, -0.2) is 32.6 Å². The number of Topliss-reactive ketones (excluding diaryl/α,β-unsaturated/α-hetero) is 1. The number of carbonyl (C=O) groups is 2. The van der Waals surface area contributed by atoms with Gasteiger partial charge in [0.05, 0.1) is 24.1 Å². The number of thiophene rings is 1. The number of benzene rings is 1. The number of rotatable bonds is 7. The zero-order valence-electron chi connectivity index (χ0n) is 14.0. The summed E-state index contributed by atoms with van der Waals surface area (Å²) in [5.74, 6) is 0.0218. The monoisotopic (exact) mass is 380 g/mol. The molecule has 0 fully saturated rings. The number of ketones is 1. The summed E-state index contributed by atoms with van der Waals surface area (Å²) in [4.78, 5) is 25.3. The number of ether oxygens (including phenoxy) is 3. The maximum absolute atomic E-state index is 11.9. The van der Waals surface area contributed by atoms with Crippen molar-refractivity contribution in [2.45, 2.75) is 6.92 Å². The average molecular weight is 381 g/mol. The van der Waals surface area contributed by atoms with E-state index in [4.69, 9.17) is 25.8 Å². The number of methoxy groups -OCH3 is 2. The molecule has 0 N–H and O–H groups in total. The molecule has 0 atom stereocenters. The molecule has 0 radical (unpaired) electrons. The molecule has 0 aliphatic carbocycles. The lowest BCUT2D eigenvalue weighted by molar-refractivity contribution is -0.136. The van der Waals surface area contributed by atoms with E-state index in [0.29, 0.717) is 27.0 Å². The molecule has 1 heterocycles. The smallest absolute Gasteiger partial charge is 0.331 e. The van der Waals surface area contributed by atoms with Gasteiger partial charge in [-0.05, 0) is 42.8 Å². The minimum atomic E-state index is -0.618. The van der Waals surface area contributed by atoms with Crippen LogP contribution in [0.25, 0.3) is 6.08 Å². The predicted molar refractivity (Wildman–Crippen MR) is 97.9 cm³/mol. The second-order valence-electron chi connectivity index (χ2n) is 5.01. The lowest BCUT2D eigenvalue weighted by Crippen LogP contribution is -2.11. The summed E-state index contributed by atoms with van der Waals surface area (Å²) in [6, 6.07) is 6.87. The summed E-state index contributed by atoms with van der Waals surface area (Å²) in [6.45, 7) is 1.61. The van der Waals surface area contributed by atoms with Crippen molar-refractivity contribution in [2.75, 3.05) is 20.8 Å². The number of hydrogen-bond donors (Lipinski definition) is 0. The van der Waals surface area contributed by atoms with Crippen LogP contribution in [-0.2, 0) is 9.53 Å². The molecule has 1 aromatic carbocycles. The van der Waals surface area contributed by atoms with Crippen molar-refractivity contribution in [1.82, 2.24) is 0 Å². The van der Waals surface area contributed by atoms with Gasteiger partial charge in [-0.15, -0.1) is 11.3 Å². The van der Waals surface area contributed by atoms with Gasteiger partial charge in [0.25, 0.3) is 0 Å². The first-order chi connectivity index (χ1) is 11.9. The van der Waals surface area contributed by atoms with E-state index in [-0.39, 0.29) is 12.4 Å². The SMILES string of the molecule is COc1cc(/C=C/C(=O)OCC(=O)c2ccc(C)s2)cc(Cl)c1OC. The Balaban J connectivity index is 1.98. The van der Waals surface area contributed by atoms with Crippen molar-refractivity contribution >= 4 is 40.8 Å². The van der Waals surface area contributed by atoms with Gasteiger partial charge >= 0.3 is 5.97 Å². The highest BCUT2D eigenvalue weighted by Gasteiger charge is 2.12. The standard InChI is InChI=1S/C18H17ClO5S/c1-11-4-6-16(25-11)14(20)10-24-17(21)7-5-12-8-13(19)18(23-3)15(9-12)22-2/h4-9H,10H2,1-3H3/b7-5+. The Morgan fingerprint density at radius 1 is 1.20 bits per heavy atom. The molecule has 0 aliphatic rings. The number of aryl methyl sites for hydroxylation is 1. The Morgan fingerprint density at radius 2 is 1.96 bits per heavy atom. The summed E-state index contributed by atoms with van der Waals surface area (Å²) >= 11 is 7.47. The highest BCUT2D eigenvalue weighted by Crippen LogP contribution is 2.36. The lowest BCUT2D eigenvalue weighted by Gasteiger charge is -2.10. The van der Waals surface area contributed by atoms with Crippen LogP contribution < -0.4 is 9.47 Å². The van der Waals surface area contributed by atoms with Crippen molar-refractivity contribution < 1.29 is 23.8 Å². The van der Waals surface area contributed by atoms with Crippen LogP contribution in [0.15, 0.2) is 30.3 Å². The summed E-state index contributed by atoms with van der Waals surface area (Å²) in [7, 11) is 2.98. The molecule has 132 valence electrons. The number of carbonyl (C=O) groups excluding carboxylic acids is 2. The molecular weight excluding hydrogens is 364 g/mol. The first kappa shape index (κ1) is 19.0. The first-order valence-electron chi connectivity index (χ1n) is 7.30. The van der Waals surface area contributed by atoms with Crippen LogP contribution in [0.3, 0.4) is 0 Å². The molecule has 0 unspecified atom stereocenters. The molecule has 0 aliphatic heterocycles. The van der Waals surface area contributed by atoms with Gasteiger partial charge in [0.15, 0.2) is 18.1 Å². The fraction of sp³-hybridized carbons (Fsp3) is 0.222. The van der Waals surface area contributed by atoms with E-state index in [1.54, 1.807) is 18.2 Å². The maximum atomic E-state index is 11.9. The second-order valence-corrected chi connectivity index (χ2v) is 6.71. The molecule has 0 spiro atoms. The van der Waals surface area contributed by atoms with Gasteiger partial charge in [-0.2, -0.15) is 0 Å². The summed E-state index contributed by atoms with van der Waals surface area (Å²) in [5, 5.41) is 0.359. The van der Waals surface area contributed by atoms with E-state index >= 15 is 0 Å². The maximum Gasteiger partial charge on any atom is 0.331 e. The molecular formula is C18H17ClO5S. The summed E-state index contributed by atoms with van der Waals surface area (Å²) in [5.41, 5.74) is 0.639. The second kappa shape index (κ2) is 8.69.